The van der Waals surface area contributed by atoms with Crippen molar-refractivity contribution in [3.63, 3.8) is 0 Å². The van der Waals surface area contributed by atoms with Crippen molar-refractivity contribution in [1.82, 2.24) is 5.32 Å². The minimum atomic E-state index is -0.0246. The number of carbonyl (C=O) groups excluding carboxylic acids is 1. The average molecular weight is 158 g/mol. The predicted octanol–water partition coefficient (Wildman–Crippen LogP) is 1.52. The molecular formula is C7H12NOS. The van der Waals surface area contributed by atoms with Crippen LogP contribution in [-0.2, 0) is 4.79 Å². The third kappa shape index (κ3) is 5.69. The monoisotopic (exact) mass is 158 g/mol. The summed E-state index contributed by atoms with van der Waals surface area (Å²) in [6, 6.07) is 0. The third-order valence-corrected chi connectivity index (χ3v) is 1.30. The summed E-state index contributed by atoms with van der Waals surface area (Å²) < 4.78 is 0. The maximum absolute atomic E-state index is 10.7. The van der Waals surface area contributed by atoms with Gasteiger partial charge in [-0.25, -0.2) is 0 Å². The van der Waals surface area contributed by atoms with Crippen LogP contribution >= 0.6 is 12.2 Å². The fraction of sp³-hybridized carbons (Fsp3) is 0.714. The van der Waals surface area contributed by atoms with E-state index in [0.717, 1.165) is 19.3 Å². The molecule has 1 radical (unpaired) electrons. The van der Waals surface area contributed by atoms with Gasteiger partial charge in [-0.2, -0.15) is 0 Å². The van der Waals surface area contributed by atoms with Crippen LogP contribution in [0, 0.1) is 0 Å². The molecule has 0 aliphatic carbocycles. The molecule has 0 unspecified atom stereocenters. The van der Waals surface area contributed by atoms with E-state index >= 15 is 0 Å². The number of thiocarbonyl (C=S) groups is 1. The molecule has 1 N–H and O–H groups in total. The van der Waals surface area contributed by atoms with Crippen molar-refractivity contribution < 1.29 is 4.79 Å². The lowest BCUT2D eigenvalue weighted by Gasteiger charge is -1.95. The van der Waals surface area contributed by atoms with Gasteiger partial charge in [0.15, 0.2) is 0 Å². The van der Waals surface area contributed by atoms with E-state index in [1.165, 1.54) is 0 Å². The maximum Gasteiger partial charge on any atom is 0.225 e. The first kappa shape index (κ1) is 9.56. The zero-order valence-electron chi connectivity index (χ0n) is 6.14. The summed E-state index contributed by atoms with van der Waals surface area (Å²) in [7, 11) is 0. The molecule has 0 aromatic rings. The lowest BCUT2D eigenvalue weighted by molar-refractivity contribution is -0.119. The molecule has 3 heteroatoms. The molecule has 0 saturated heterocycles. The number of amides is 1. The SMILES string of the molecule is CCCCCC(=O)N[C]=S. The first-order valence-electron chi connectivity index (χ1n) is 3.47. The Morgan fingerprint density at radius 1 is 1.60 bits per heavy atom. The fourth-order valence-electron chi connectivity index (χ4n) is 0.655. The van der Waals surface area contributed by atoms with Gasteiger partial charge in [0.2, 0.25) is 5.91 Å². The molecular weight excluding hydrogens is 146 g/mol. The molecule has 0 aromatic heterocycles. The molecule has 2 nitrogen and oxygen atoms in total. The van der Waals surface area contributed by atoms with Crippen LogP contribution < -0.4 is 5.32 Å². The van der Waals surface area contributed by atoms with E-state index in [2.05, 4.69) is 29.9 Å². The summed E-state index contributed by atoms with van der Waals surface area (Å²) >= 11 is 4.33. The van der Waals surface area contributed by atoms with E-state index in [1.54, 1.807) is 0 Å². The van der Waals surface area contributed by atoms with E-state index in [1.807, 2.05) is 0 Å². The molecule has 0 saturated carbocycles. The highest BCUT2D eigenvalue weighted by Gasteiger charge is 1.96. The van der Waals surface area contributed by atoms with Crippen LogP contribution in [0.15, 0.2) is 0 Å². The van der Waals surface area contributed by atoms with Crippen LogP contribution in [0.5, 0.6) is 0 Å². The van der Waals surface area contributed by atoms with Gasteiger partial charge < -0.3 is 5.32 Å². The Balaban J connectivity index is 3.13. The number of unbranched alkanes of at least 4 members (excludes halogenated alkanes) is 2. The molecule has 0 aliphatic rings. The number of carbonyl (C=O) groups is 1. The van der Waals surface area contributed by atoms with Gasteiger partial charge in [0.25, 0.3) is 0 Å². The standard InChI is InChI=1S/C7H12NOS/c1-2-3-4-5-7(9)8-6-10/h2-5H2,1H3,(H,8,9,10). The topological polar surface area (TPSA) is 29.1 Å². The van der Waals surface area contributed by atoms with Crippen molar-refractivity contribution in [1.29, 1.82) is 0 Å². The minimum Gasteiger partial charge on any atom is -0.315 e. The predicted molar refractivity (Wildman–Crippen MR) is 44.9 cm³/mol. The molecule has 0 bridgehead atoms. The van der Waals surface area contributed by atoms with Crippen molar-refractivity contribution in [2.75, 3.05) is 0 Å². The van der Waals surface area contributed by atoms with Gasteiger partial charge in [-0.15, -0.1) is 0 Å². The second kappa shape index (κ2) is 6.68. The third-order valence-electron chi connectivity index (χ3n) is 1.20. The van der Waals surface area contributed by atoms with Gasteiger partial charge in [0.05, 0.1) is 0 Å². The normalized spacial score (nSPS) is 8.90. The highest BCUT2D eigenvalue weighted by molar-refractivity contribution is 7.78. The van der Waals surface area contributed by atoms with E-state index in [4.69, 9.17) is 0 Å². The second-order valence-electron chi connectivity index (χ2n) is 2.11. The Morgan fingerprint density at radius 3 is 2.80 bits per heavy atom. The van der Waals surface area contributed by atoms with Gasteiger partial charge in [0, 0.05) is 6.42 Å². The van der Waals surface area contributed by atoms with Crippen molar-refractivity contribution in [3.8, 4) is 0 Å². The summed E-state index contributed by atoms with van der Waals surface area (Å²) in [4.78, 5) is 10.7. The molecule has 0 atom stereocenters. The minimum absolute atomic E-state index is 0.0246. The van der Waals surface area contributed by atoms with Gasteiger partial charge in [-0.1, -0.05) is 32.0 Å². The molecule has 0 aromatic carbocycles. The smallest absolute Gasteiger partial charge is 0.225 e. The lowest BCUT2D eigenvalue weighted by atomic mass is 10.2. The highest BCUT2D eigenvalue weighted by Crippen LogP contribution is 1.97. The molecule has 0 fully saturated rings. The van der Waals surface area contributed by atoms with Crippen LogP contribution in [0.2, 0.25) is 0 Å². The van der Waals surface area contributed by atoms with Crippen molar-refractivity contribution in [3.05, 3.63) is 0 Å². The Hall–Kier alpha value is -0.440. The van der Waals surface area contributed by atoms with Crippen molar-refractivity contribution in [2.45, 2.75) is 32.6 Å². The van der Waals surface area contributed by atoms with E-state index in [9.17, 15) is 4.79 Å². The maximum atomic E-state index is 10.7. The summed E-state index contributed by atoms with van der Waals surface area (Å²) in [5, 5.41) is 2.33. The summed E-state index contributed by atoms with van der Waals surface area (Å²) in [5.41, 5.74) is 2.18. The Morgan fingerprint density at radius 2 is 2.30 bits per heavy atom. The summed E-state index contributed by atoms with van der Waals surface area (Å²) in [5.74, 6) is -0.0246. The van der Waals surface area contributed by atoms with Gasteiger partial charge in [0.1, 0.15) is 5.49 Å². The van der Waals surface area contributed by atoms with Crippen LogP contribution in [0.1, 0.15) is 32.6 Å². The van der Waals surface area contributed by atoms with Gasteiger partial charge >= 0.3 is 0 Å². The number of hydrogen-bond acceptors (Lipinski definition) is 2. The van der Waals surface area contributed by atoms with Crippen molar-refractivity contribution in [2.24, 2.45) is 0 Å². The zero-order chi connectivity index (χ0) is 7.82. The van der Waals surface area contributed by atoms with Gasteiger partial charge in [-0.05, 0) is 6.42 Å². The average Bonchev–Trinajstić information content (AvgIpc) is 1.89. The van der Waals surface area contributed by atoms with Crippen LogP contribution in [0.3, 0.4) is 0 Å². The van der Waals surface area contributed by atoms with Crippen LogP contribution in [0.25, 0.3) is 0 Å². The Kier molecular flexibility index (Phi) is 6.38. The first-order valence-corrected chi connectivity index (χ1v) is 3.88. The van der Waals surface area contributed by atoms with Crippen LogP contribution in [0.4, 0.5) is 0 Å². The molecule has 10 heavy (non-hydrogen) atoms. The van der Waals surface area contributed by atoms with Crippen molar-refractivity contribution >= 4 is 23.6 Å². The molecule has 57 valence electrons. The quantitative estimate of drug-likeness (QED) is 0.373. The largest absolute Gasteiger partial charge is 0.315 e. The molecule has 0 heterocycles. The van der Waals surface area contributed by atoms with E-state index in [0.29, 0.717) is 6.42 Å². The van der Waals surface area contributed by atoms with E-state index < -0.39 is 0 Å². The molecule has 0 spiro atoms. The molecule has 0 rings (SSSR count). The summed E-state index contributed by atoms with van der Waals surface area (Å²) in [6.07, 6.45) is 3.75. The zero-order valence-corrected chi connectivity index (χ0v) is 6.96. The number of hydrogen-bond donors (Lipinski definition) is 1. The number of rotatable bonds is 5. The van der Waals surface area contributed by atoms with E-state index in [-0.39, 0.29) is 5.91 Å². The van der Waals surface area contributed by atoms with Gasteiger partial charge in [-0.3, -0.25) is 4.79 Å². The highest BCUT2D eigenvalue weighted by atomic mass is 32.1. The summed E-state index contributed by atoms with van der Waals surface area (Å²) in [6.45, 7) is 2.10. The van der Waals surface area contributed by atoms with Crippen LogP contribution in [-0.4, -0.2) is 11.4 Å². The molecule has 0 aliphatic heterocycles. The Bertz CT molecular complexity index is 114. The lowest BCUT2D eigenvalue weighted by Crippen LogP contribution is -2.19. The first-order chi connectivity index (χ1) is 4.81. The number of nitrogens with one attached hydrogen (secondary N) is 1. The fourth-order valence-corrected chi connectivity index (χ4v) is 0.769. The molecule has 1 amide bonds. The second-order valence-corrected chi connectivity index (χ2v) is 2.31. The Labute approximate surface area is 67.0 Å².